The molecule has 2 aromatic carbocycles. The monoisotopic (exact) mass is 580 g/mol. The molecule has 38 heavy (non-hydrogen) atoms. The number of nitrogens with two attached hydrogens (primary N) is 2. The molecule has 1 aromatic heterocycles. The van der Waals surface area contributed by atoms with Gasteiger partial charge in [-0.1, -0.05) is 41.4 Å². The van der Waals surface area contributed by atoms with Gasteiger partial charge in [0.15, 0.2) is 5.96 Å². The number of carbonyl (C=O) groups excluding carboxylic acids is 1. The lowest BCUT2D eigenvalue weighted by Gasteiger charge is -2.25. The van der Waals surface area contributed by atoms with Gasteiger partial charge in [0.1, 0.15) is 28.3 Å². The van der Waals surface area contributed by atoms with Gasteiger partial charge in [-0.15, -0.1) is 0 Å². The number of benzene rings is 2. The van der Waals surface area contributed by atoms with Crippen molar-refractivity contribution < 1.29 is 17.9 Å². The van der Waals surface area contributed by atoms with Gasteiger partial charge in [-0.05, 0) is 51.5 Å². The summed E-state index contributed by atoms with van der Waals surface area (Å²) in [5.74, 6) is -0.0709. The second kappa shape index (κ2) is 12.2. The molecule has 1 amide bonds. The molecule has 10 nitrogen and oxygen atoms in total. The first-order valence-electron chi connectivity index (χ1n) is 11.7. The standard InChI is InChI=1S/C25H30Cl2N6O4S/c1-15-8-9-16-6-4-7-19(22(16)32-15)37-14-17-18(26)10-11-20(21(17)27)38(35,36)33-25(2,3)23(34)30-12-5-13-31-24(28)29/h4,6-11,33H,5,12-14H2,1-3H3,(H,30,34)(H4,28,29,31). The maximum absolute atomic E-state index is 13.3. The number of amides is 1. The minimum atomic E-state index is -4.23. The number of hydrogen-bond donors (Lipinski definition) is 4. The number of guanidine groups is 1. The van der Waals surface area contributed by atoms with E-state index in [1.54, 1.807) is 6.07 Å². The number of para-hydroxylation sites is 1. The summed E-state index contributed by atoms with van der Waals surface area (Å²) in [6, 6.07) is 12.0. The Labute approximate surface area is 231 Å². The van der Waals surface area contributed by atoms with Gasteiger partial charge in [0.2, 0.25) is 15.9 Å². The molecule has 0 saturated heterocycles. The zero-order chi connectivity index (χ0) is 28.1. The first kappa shape index (κ1) is 29.4. The van der Waals surface area contributed by atoms with Crippen LogP contribution in [0, 0.1) is 6.92 Å². The number of aromatic nitrogens is 1. The van der Waals surface area contributed by atoms with Crippen molar-refractivity contribution in [2.75, 3.05) is 13.1 Å². The topological polar surface area (TPSA) is 162 Å². The molecule has 0 fully saturated rings. The smallest absolute Gasteiger partial charge is 0.243 e. The Kier molecular flexibility index (Phi) is 9.42. The van der Waals surface area contributed by atoms with Gasteiger partial charge >= 0.3 is 0 Å². The zero-order valence-corrected chi connectivity index (χ0v) is 23.5. The highest BCUT2D eigenvalue weighted by molar-refractivity contribution is 7.89. The molecule has 13 heteroatoms. The van der Waals surface area contributed by atoms with Crippen LogP contribution in [0.2, 0.25) is 10.0 Å². The van der Waals surface area contributed by atoms with Gasteiger partial charge in [-0.2, -0.15) is 4.72 Å². The molecular weight excluding hydrogens is 551 g/mol. The Morgan fingerprint density at radius 2 is 1.87 bits per heavy atom. The molecule has 0 unspecified atom stereocenters. The third-order valence-electron chi connectivity index (χ3n) is 5.51. The van der Waals surface area contributed by atoms with Crippen LogP contribution in [0.1, 0.15) is 31.5 Å². The molecule has 0 radical (unpaired) electrons. The highest BCUT2D eigenvalue weighted by Gasteiger charge is 2.34. The van der Waals surface area contributed by atoms with E-state index in [1.165, 1.54) is 26.0 Å². The number of rotatable bonds is 11. The Bertz CT molecular complexity index is 1470. The number of carbonyl (C=O) groups is 1. The quantitative estimate of drug-likeness (QED) is 0.154. The van der Waals surface area contributed by atoms with E-state index in [-0.39, 0.29) is 39.6 Å². The van der Waals surface area contributed by atoms with Gasteiger partial charge in [0.25, 0.3) is 0 Å². The van der Waals surface area contributed by atoms with Gasteiger partial charge in [-0.3, -0.25) is 9.79 Å². The highest BCUT2D eigenvalue weighted by Crippen LogP contribution is 2.33. The highest BCUT2D eigenvalue weighted by atomic mass is 35.5. The molecular formula is C25H30Cl2N6O4S. The van der Waals surface area contributed by atoms with Crippen LogP contribution in [0.15, 0.2) is 52.4 Å². The lowest BCUT2D eigenvalue weighted by atomic mass is 10.1. The summed E-state index contributed by atoms with van der Waals surface area (Å²) in [4.78, 5) is 20.8. The minimum absolute atomic E-state index is 0.0436. The average molecular weight is 582 g/mol. The van der Waals surface area contributed by atoms with Crippen LogP contribution in [-0.4, -0.2) is 43.9 Å². The fraction of sp³-hybridized carbons (Fsp3) is 0.320. The molecule has 6 N–H and O–H groups in total. The van der Waals surface area contributed by atoms with Gasteiger partial charge < -0.3 is 21.5 Å². The molecule has 0 saturated carbocycles. The fourth-order valence-electron chi connectivity index (χ4n) is 3.55. The zero-order valence-electron chi connectivity index (χ0n) is 21.2. The number of sulfonamides is 1. The molecule has 0 aliphatic heterocycles. The third-order valence-corrected chi connectivity index (χ3v) is 8.10. The molecule has 204 valence electrons. The third kappa shape index (κ3) is 7.25. The van der Waals surface area contributed by atoms with Crippen LogP contribution in [0.3, 0.4) is 0 Å². The van der Waals surface area contributed by atoms with Crippen LogP contribution in [0.4, 0.5) is 0 Å². The van der Waals surface area contributed by atoms with Crippen molar-refractivity contribution in [3.05, 3.63) is 63.8 Å². The number of nitrogens with one attached hydrogen (secondary N) is 2. The second-order valence-electron chi connectivity index (χ2n) is 9.05. The molecule has 0 bridgehead atoms. The van der Waals surface area contributed by atoms with E-state index in [2.05, 4.69) is 20.0 Å². The first-order valence-corrected chi connectivity index (χ1v) is 13.9. The van der Waals surface area contributed by atoms with Gasteiger partial charge in [0, 0.05) is 34.8 Å². The molecule has 0 spiro atoms. The van der Waals surface area contributed by atoms with Crippen LogP contribution < -0.4 is 26.2 Å². The maximum Gasteiger partial charge on any atom is 0.243 e. The second-order valence-corrected chi connectivity index (χ2v) is 11.5. The summed E-state index contributed by atoms with van der Waals surface area (Å²) >= 11 is 12.9. The van der Waals surface area contributed by atoms with E-state index in [0.717, 1.165) is 11.1 Å². The summed E-state index contributed by atoms with van der Waals surface area (Å²) in [6.07, 6.45) is 0.477. The van der Waals surface area contributed by atoms with Crippen molar-refractivity contribution >= 4 is 56.0 Å². The SMILES string of the molecule is Cc1ccc2cccc(OCc3c(Cl)ccc(S(=O)(=O)NC(C)(C)C(=O)NCCCN=C(N)N)c3Cl)c2n1. The predicted molar refractivity (Wildman–Crippen MR) is 150 cm³/mol. The van der Waals surface area contributed by atoms with E-state index in [0.29, 0.717) is 24.2 Å². The fourth-order valence-corrected chi connectivity index (χ4v) is 5.81. The van der Waals surface area contributed by atoms with Gasteiger partial charge in [-0.25, -0.2) is 13.4 Å². The lowest BCUT2D eigenvalue weighted by molar-refractivity contribution is -0.125. The molecule has 1 heterocycles. The predicted octanol–water partition coefficient (Wildman–Crippen LogP) is 3.27. The number of aliphatic imine (C=N–C) groups is 1. The van der Waals surface area contributed by atoms with Gasteiger partial charge in [0.05, 0.1) is 5.02 Å². The summed E-state index contributed by atoms with van der Waals surface area (Å²) in [5.41, 5.74) is 10.8. The van der Waals surface area contributed by atoms with E-state index in [1.807, 2.05) is 31.2 Å². The normalized spacial score (nSPS) is 11.8. The van der Waals surface area contributed by atoms with Crippen molar-refractivity contribution in [1.82, 2.24) is 15.0 Å². The molecule has 3 aromatic rings. The Morgan fingerprint density at radius 3 is 2.58 bits per heavy atom. The van der Waals surface area contributed by atoms with Crippen molar-refractivity contribution in [3.63, 3.8) is 0 Å². The number of fused-ring (bicyclic) bond motifs is 1. The van der Waals surface area contributed by atoms with Crippen LogP contribution in [-0.2, 0) is 21.4 Å². The summed E-state index contributed by atoms with van der Waals surface area (Å²) < 4.78 is 34.9. The summed E-state index contributed by atoms with van der Waals surface area (Å²) in [6.45, 7) is 5.24. The molecule has 0 atom stereocenters. The van der Waals surface area contributed by atoms with E-state index < -0.39 is 21.5 Å². The number of aryl methyl sites for hydroxylation is 1. The maximum atomic E-state index is 13.3. The molecule has 3 rings (SSSR count). The van der Waals surface area contributed by atoms with Crippen molar-refractivity contribution in [3.8, 4) is 5.75 Å². The minimum Gasteiger partial charge on any atom is -0.487 e. The summed E-state index contributed by atoms with van der Waals surface area (Å²) in [5, 5.41) is 3.68. The Morgan fingerprint density at radius 1 is 1.13 bits per heavy atom. The van der Waals surface area contributed by atoms with Crippen LogP contribution in [0.5, 0.6) is 5.75 Å². The van der Waals surface area contributed by atoms with E-state index in [9.17, 15) is 13.2 Å². The molecule has 0 aliphatic rings. The lowest BCUT2D eigenvalue weighted by Crippen LogP contribution is -2.54. The van der Waals surface area contributed by atoms with E-state index in [4.69, 9.17) is 39.4 Å². The number of nitrogens with zero attached hydrogens (tertiary/aromatic N) is 2. The van der Waals surface area contributed by atoms with Crippen molar-refractivity contribution in [2.45, 2.75) is 44.2 Å². The Balaban J connectivity index is 1.77. The first-order chi connectivity index (χ1) is 17.8. The van der Waals surface area contributed by atoms with Crippen molar-refractivity contribution in [2.24, 2.45) is 16.5 Å². The summed E-state index contributed by atoms with van der Waals surface area (Å²) in [7, 11) is -4.23. The van der Waals surface area contributed by atoms with E-state index >= 15 is 0 Å². The largest absolute Gasteiger partial charge is 0.487 e. The number of ether oxygens (including phenoxy) is 1. The van der Waals surface area contributed by atoms with Crippen molar-refractivity contribution in [1.29, 1.82) is 0 Å². The van der Waals surface area contributed by atoms with Crippen LogP contribution >= 0.6 is 23.2 Å². The Hall–Kier alpha value is -3.12. The number of hydrogen-bond acceptors (Lipinski definition) is 6. The number of pyridine rings is 1. The average Bonchev–Trinajstić information content (AvgIpc) is 2.82. The van der Waals surface area contributed by atoms with Crippen LogP contribution in [0.25, 0.3) is 10.9 Å². The molecule has 0 aliphatic carbocycles. The number of halogens is 2.